The Labute approximate surface area is 105 Å². The van der Waals surface area contributed by atoms with Crippen molar-refractivity contribution in [2.75, 3.05) is 19.7 Å². The van der Waals surface area contributed by atoms with Crippen molar-refractivity contribution in [3.63, 3.8) is 0 Å². The fourth-order valence-corrected chi connectivity index (χ4v) is 2.73. The summed E-state index contributed by atoms with van der Waals surface area (Å²) in [4.78, 5) is 14.9. The molecule has 2 rings (SSSR count). The van der Waals surface area contributed by atoms with Gasteiger partial charge in [-0.25, -0.2) is 4.79 Å². The quantitative estimate of drug-likeness (QED) is 0.862. The van der Waals surface area contributed by atoms with Crippen LogP contribution < -0.4 is 5.32 Å². The number of carbonyl (C=O) groups is 1. The van der Waals surface area contributed by atoms with Crippen LogP contribution in [0, 0.1) is 5.92 Å². The summed E-state index contributed by atoms with van der Waals surface area (Å²) in [7, 11) is 0. The maximum atomic E-state index is 11.9. The van der Waals surface area contributed by atoms with E-state index in [9.17, 15) is 4.79 Å². The van der Waals surface area contributed by atoms with Crippen molar-refractivity contribution in [2.45, 2.75) is 19.4 Å². The second-order valence-electron chi connectivity index (χ2n) is 4.37. The van der Waals surface area contributed by atoms with E-state index in [4.69, 9.17) is 5.11 Å². The van der Waals surface area contributed by atoms with Crippen molar-refractivity contribution >= 4 is 17.4 Å². The first kappa shape index (κ1) is 12.4. The maximum absolute atomic E-state index is 11.9. The first-order chi connectivity index (χ1) is 8.29. The summed E-state index contributed by atoms with van der Waals surface area (Å²) >= 11 is 1.64. The Hall–Kier alpha value is -1.07. The minimum atomic E-state index is -0.0171. The molecule has 4 nitrogen and oxygen atoms in total. The first-order valence-electron chi connectivity index (χ1n) is 5.95. The Morgan fingerprint density at radius 2 is 2.53 bits per heavy atom. The van der Waals surface area contributed by atoms with Crippen molar-refractivity contribution in [2.24, 2.45) is 5.92 Å². The van der Waals surface area contributed by atoms with Crippen LogP contribution in [0.15, 0.2) is 17.5 Å². The van der Waals surface area contributed by atoms with Crippen LogP contribution in [-0.4, -0.2) is 35.7 Å². The van der Waals surface area contributed by atoms with Crippen molar-refractivity contribution in [1.82, 2.24) is 10.2 Å². The highest BCUT2D eigenvalue weighted by molar-refractivity contribution is 7.09. The van der Waals surface area contributed by atoms with Crippen LogP contribution in [0.1, 0.15) is 17.7 Å². The fourth-order valence-electron chi connectivity index (χ4n) is 2.09. The number of carbonyl (C=O) groups excluding carboxylic acids is 1. The van der Waals surface area contributed by atoms with Crippen LogP contribution in [-0.2, 0) is 6.54 Å². The van der Waals surface area contributed by atoms with Crippen LogP contribution in [0.4, 0.5) is 4.79 Å². The molecule has 0 radical (unpaired) electrons. The molecule has 2 N–H and O–H groups in total. The van der Waals surface area contributed by atoms with Gasteiger partial charge in [0.25, 0.3) is 0 Å². The van der Waals surface area contributed by atoms with Crippen molar-refractivity contribution in [3.05, 3.63) is 22.4 Å². The Morgan fingerprint density at radius 3 is 3.24 bits per heavy atom. The predicted octanol–water partition coefficient (Wildman–Crippen LogP) is 1.66. The van der Waals surface area contributed by atoms with E-state index in [2.05, 4.69) is 5.32 Å². The highest BCUT2D eigenvalue weighted by atomic mass is 32.1. The van der Waals surface area contributed by atoms with Crippen LogP contribution >= 0.6 is 11.3 Å². The number of piperidine rings is 1. The molecule has 1 saturated heterocycles. The van der Waals surface area contributed by atoms with E-state index in [-0.39, 0.29) is 18.6 Å². The summed E-state index contributed by atoms with van der Waals surface area (Å²) < 4.78 is 0. The Kier molecular flexibility index (Phi) is 4.39. The lowest BCUT2D eigenvalue weighted by Gasteiger charge is -2.31. The van der Waals surface area contributed by atoms with Gasteiger partial charge in [-0.15, -0.1) is 11.3 Å². The van der Waals surface area contributed by atoms with Crippen molar-refractivity contribution in [3.8, 4) is 0 Å². The van der Waals surface area contributed by atoms with E-state index in [0.29, 0.717) is 13.1 Å². The minimum Gasteiger partial charge on any atom is -0.396 e. The SMILES string of the molecule is O=C(NCc1cccs1)N1CCCC(CO)C1. The largest absolute Gasteiger partial charge is 0.396 e. The molecule has 0 aliphatic carbocycles. The average Bonchev–Trinajstić information content (AvgIpc) is 2.89. The van der Waals surface area contributed by atoms with Crippen LogP contribution in [0.5, 0.6) is 0 Å². The number of urea groups is 1. The number of aliphatic hydroxyl groups is 1. The van der Waals surface area contributed by atoms with Gasteiger partial charge in [-0.2, -0.15) is 0 Å². The maximum Gasteiger partial charge on any atom is 0.317 e. The minimum absolute atomic E-state index is 0.0171. The smallest absolute Gasteiger partial charge is 0.317 e. The number of thiophene rings is 1. The molecule has 1 fully saturated rings. The molecule has 0 aromatic carbocycles. The molecule has 0 bridgehead atoms. The molecule has 1 aromatic heterocycles. The highest BCUT2D eigenvalue weighted by Crippen LogP contribution is 2.16. The summed E-state index contributed by atoms with van der Waals surface area (Å²) in [6.45, 7) is 2.24. The lowest BCUT2D eigenvalue weighted by atomic mass is 9.99. The van der Waals surface area contributed by atoms with Crippen LogP contribution in [0.2, 0.25) is 0 Å². The van der Waals surface area contributed by atoms with Crippen molar-refractivity contribution < 1.29 is 9.90 Å². The van der Waals surface area contributed by atoms with Gasteiger partial charge < -0.3 is 15.3 Å². The summed E-state index contributed by atoms with van der Waals surface area (Å²) in [5, 5.41) is 14.0. The lowest BCUT2D eigenvalue weighted by molar-refractivity contribution is 0.129. The topological polar surface area (TPSA) is 52.6 Å². The van der Waals surface area contributed by atoms with Gasteiger partial charge in [0.05, 0.1) is 6.54 Å². The van der Waals surface area contributed by atoms with E-state index < -0.39 is 0 Å². The highest BCUT2D eigenvalue weighted by Gasteiger charge is 2.22. The van der Waals surface area contributed by atoms with E-state index in [0.717, 1.165) is 24.3 Å². The third-order valence-corrected chi connectivity index (χ3v) is 3.93. The number of nitrogens with zero attached hydrogens (tertiary/aromatic N) is 1. The van der Waals surface area contributed by atoms with Gasteiger partial charge in [-0.1, -0.05) is 6.07 Å². The van der Waals surface area contributed by atoms with Gasteiger partial charge in [0.2, 0.25) is 0 Å². The molecule has 1 aromatic rings. The normalized spacial score (nSPS) is 20.3. The third kappa shape index (κ3) is 3.44. The van der Waals surface area contributed by atoms with Gasteiger partial charge in [0.15, 0.2) is 0 Å². The van der Waals surface area contributed by atoms with Crippen molar-refractivity contribution in [1.29, 1.82) is 0 Å². The Balaban J connectivity index is 1.79. The van der Waals surface area contributed by atoms with Gasteiger partial charge in [-0.3, -0.25) is 0 Å². The van der Waals surface area contributed by atoms with E-state index in [1.165, 1.54) is 0 Å². The lowest BCUT2D eigenvalue weighted by Crippen LogP contribution is -2.45. The van der Waals surface area contributed by atoms with E-state index in [1.807, 2.05) is 17.5 Å². The van der Waals surface area contributed by atoms with Gasteiger partial charge in [0.1, 0.15) is 0 Å². The monoisotopic (exact) mass is 254 g/mol. The average molecular weight is 254 g/mol. The second kappa shape index (κ2) is 6.02. The van der Waals surface area contributed by atoms with E-state index in [1.54, 1.807) is 16.2 Å². The standard InChI is InChI=1S/C12H18N2O2S/c15-9-10-3-1-5-14(8-10)12(16)13-7-11-4-2-6-17-11/h2,4,6,10,15H,1,3,5,7-9H2,(H,13,16). The first-order valence-corrected chi connectivity index (χ1v) is 6.83. The van der Waals surface area contributed by atoms with Crippen LogP contribution in [0.25, 0.3) is 0 Å². The molecular weight excluding hydrogens is 236 g/mol. The number of amides is 2. The molecule has 0 saturated carbocycles. The molecule has 0 spiro atoms. The Morgan fingerprint density at radius 1 is 1.65 bits per heavy atom. The number of rotatable bonds is 3. The van der Waals surface area contributed by atoms with Crippen LogP contribution in [0.3, 0.4) is 0 Å². The molecule has 17 heavy (non-hydrogen) atoms. The van der Waals surface area contributed by atoms with E-state index >= 15 is 0 Å². The molecule has 1 unspecified atom stereocenters. The Bertz CT molecular complexity index is 353. The summed E-state index contributed by atoms with van der Waals surface area (Å²) in [6.07, 6.45) is 2.00. The molecule has 5 heteroatoms. The zero-order valence-corrected chi connectivity index (χ0v) is 10.6. The van der Waals surface area contributed by atoms with Gasteiger partial charge in [0, 0.05) is 24.6 Å². The third-order valence-electron chi connectivity index (χ3n) is 3.06. The zero-order valence-electron chi connectivity index (χ0n) is 9.76. The number of aliphatic hydroxyl groups excluding tert-OH is 1. The number of nitrogens with one attached hydrogen (secondary N) is 1. The molecule has 2 amide bonds. The van der Waals surface area contributed by atoms with Gasteiger partial charge in [-0.05, 0) is 30.2 Å². The summed E-state index contributed by atoms with van der Waals surface area (Å²) in [5.74, 6) is 0.247. The number of likely N-dealkylation sites (tertiary alicyclic amines) is 1. The molecule has 94 valence electrons. The van der Waals surface area contributed by atoms with Gasteiger partial charge >= 0.3 is 6.03 Å². The summed E-state index contributed by atoms with van der Waals surface area (Å²) in [5.41, 5.74) is 0. The number of hydrogen-bond acceptors (Lipinski definition) is 3. The molecule has 1 aliphatic heterocycles. The zero-order chi connectivity index (χ0) is 12.1. The molecule has 1 aliphatic rings. The second-order valence-corrected chi connectivity index (χ2v) is 5.41. The molecule has 2 heterocycles. The number of hydrogen-bond donors (Lipinski definition) is 2. The summed E-state index contributed by atoms with van der Waals surface area (Å²) in [6, 6.07) is 3.98. The predicted molar refractivity (Wildman–Crippen MR) is 67.9 cm³/mol. The fraction of sp³-hybridized carbons (Fsp3) is 0.583. The molecule has 1 atom stereocenters. The molecular formula is C12H18N2O2S.